The molecule has 0 fully saturated rings. The maximum atomic E-state index is 10.4. The molecule has 0 aromatic rings. The van der Waals surface area contributed by atoms with Gasteiger partial charge in [-0.05, 0) is 30.6 Å². The molecule has 0 rings (SSSR count). The van der Waals surface area contributed by atoms with E-state index in [9.17, 15) is 14.4 Å². The van der Waals surface area contributed by atoms with Gasteiger partial charge in [-0.2, -0.15) is 0 Å². The summed E-state index contributed by atoms with van der Waals surface area (Å²) in [6, 6.07) is -0.312. The van der Waals surface area contributed by atoms with Crippen molar-refractivity contribution in [1.29, 1.82) is 0 Å². The summed E-state index contributed by atoms with van der Waals surface area (Å²) in [6.45, 7) is 6.88. The first kappa shape index (κ1) is 19.1. The molecule has 21 heavy (non-hydrogen) atoms. The van der Waals surface area contributed by atoms with Crippen molar-refractivity contribution in [2.24, 2.45) is 32.7 Å². The zero-order chi connectivity index (χ0) is 16.1. The largest absolute Gasteiger partial charge is 0.235 e. The summed E-state index contributed by atoms with van der Waals surface area (Å²) in [5, 5.41) is 0. The molecule has 116 valence electrons. The van der Waals surface area contributed by atoms with Crippen LogP contribution in [0.5, 0.6) is 0 Å². The first-order chi connectivity index (χ1) is 10.0. The smallest absolute Gasteiger partial charge is 0.211 e. The number of aliphatic imine (C=N–C) groups is 3. The zero-order valence-electron chi connectivity index (χ0n) is 12.9. The second-order valence-corrected chi connectivity index (χ2v) is 5.65. The maximum absolute atomic E-state index is 10.4. The molecule has 0 aliphatic rings. The third-order valence-electron chi connectivity index (χ3n) is 3.61. The van der Waals surface area contributed by atoms with Gasteiger partial charge in [0.15, 0.2) is 0 Å². The highest BCUT2D eigenvalue weighted by Gasteiger charge is 2.18. The van der Waals surface area contributed by atoms with E-state index in [0.29, 0.717) is 18.4 Å². The third-order valence-corrected chi connectivity index (χ3v) is 3.61. The van der Waals surface area contributed by atoms with Gasteiger partial charge in [0.2, 0.25) is 18.2 Å². The Labute approximate surface area is 125 Å². The molecular formula is C15H23N3O3. The molecule has 0 N–H and O–H groups in total. The van der Waals surface area contributed by atoms with Gasteiger partial charge in [0.05, 0.1) is 19.1 Å². The van der Waals surface area contributed by atoms with Crippen molar-refractivity contribution in [3.8, 4) is 0 Å². The van der Waals surface area contributed by atoms with E-state index in [0.717, 1.165) is 19.3 Å². The lowest BCUT2D eigenvalue weighted by atomic mass is 9.88. The summed E-state index contributed by atoms with van der Waals surface area (Å²) in [7, 11) is 0. The Kier molecular flexibility index (Phi) is 10.9. The van der Waals surface area contributed by atoms with Crippen LogP contribution in [0.1, 0.15) is 40.0 Å². The third kappa shape index (κ3) is 9.64. The first-order valence-corrected chi connectivity index (χ1v) is 7.19. The van der Waals surface area contributed by atoms with Gasteiger partial charge in [-0.25, -0.2) is 29.4 Å². The maximum Gasteiger partial charge on any atom is 0.235 e. The van der Waals surface area contributed by atoms with Crippen LogP contribution < -0.4 is 0 Å². The highest BCUT2D eigenvalue weighted by molar-refractivity contribution is 5.35. The normalized spacial score (nSPS) is 15.6. The Hall–Kier alpha value is -1.86. The molecule has 0 aromatic heterocycles. The van der Waals surface area contributed by atoms with Gasteiger partial charge >= 0.3 is 0 Å². The number of nitrogens with zero attached hydrogens (tertiary/aromatic N) is 3. The predicted molar refractivity (Wildman–Crippen MR) is 79.2 cm³/mol. The molecule has 6 heteroatoms. The van der Waals surface area contributed by atoms with E-state index in [1.807, 2.05) is 6.92 Å². The molecule has 6 nitrogen and oxygen atoms in total. The quantitative estimate of drug-likeness (QED) is 0.433. The van der Waals surface area contributed by atoms with Gasteiger partial charge in [-0.15, -0.1) is 0 Å². The van der Waals surface area contributed by atoms with Crippen molar-refractivity contribution in [2.75, 3.05) is 13.1 Å². The fourth-order valence-corrected chi connectivity index (χ4v) is 2.36. The van der Waals surface area contributed by atoms with Crippen LogP contribution in [0.4, 0.5) is 0 Å². The summed E-state index contributed by atoms with van der Waals surface area (Å²) in [6.07, 6.45) is 7.40. The lowest BCUT2D eigenvalue weighted by Crippen LogP contribution is -2.20. The van der Waals surface area contributed by atoms with Crippen molar-refractivity contribution in [1.82, 2.24) is 0 Å². The predicted octanol–water partition coefficient (Wildman–Crippen LogP) is 2.44. The van der Waals surface area contributed by atoms with Crippen LogP contribution in [-0.2, 0) is 14.4 Å². The number of hydrogen-bond donors (Lipinski definition) is 0. The molecule has 0 amide bonds. The minimum absolute atomic E-state index is 0.148. The summed E-state index contributed by atoms with van der Waals surface area (Å²) < 4.78 is 0. The minimum Gasteiger partial charge on any atom is -0.211 e. The molecular weight excluding hydrogens is 270 g/mol. The van der Waals surface area contributed by atoms with Crippen molar-refractivity contribution >= 4 is 18.2 Å². The van der Waals surface area contributed by atoms with E-state index in [-0.39, 0.29) is 18.5 Å². The summed E-state index contributed by atoms with van der Waals surface area (Å²) >= 11 is 0. The average molecular weight is 293 g/mol. The second-order valence-electron chi connectivity index (χ2n) is 5.65. The van der Waals surface area contributed by atoms with Gasteiger partial charge in [0.1, 0.15) is 0 Å². The fraction of sp³-hybridized carbons (Fsp3) is 0.800. The van der Waals surface area contributed by atoms with Gasteiger partial charge in [0, 0.05) is 0 Å². The fourth-order valence-electron chi connectivity index (χ4n) is 2.36. The van der Waals surface area contributed by atoms with Crippen LogP contribution in [-0.4, -0.2) is 37.4 Å². The number of carbonyl (C=O) groups excluding carboxylic acids is 3. The van der Waals surface area contributed by atoms with Crippen molar-refractivity contribution in [3.63, 3.8) is 0 Å². The summed E-state index contributed by atoms with van der Waals surface area (Å²) in [4.78, 5) is 41.4. The van der Waals surface area contributed by atoms with Crippen LogP contribution in [0.2, 0.25) is 0 Å². The van der Waals surface area contributed by atoms with Gasteiger partial charge < -0.3 is 0 Å². The molecule has 0 aliphatic carbocycles. The Morgan fingerprint density at radius 2 is 1.43 bits per heavy atom. The Morgan fingerprint density at radius 3 is 2.00 bits per heavy atom. The molecule has 0 radical (unpaired) electrons. The van der Waals surface area contributed by atoms with Crippen LogP contribution in [0.15, 0.2) is 15.0 Å². The Morgan fingerprint density at radius 1 is 0.810 bits per heavy atom. The van der Waals surface area contributed by atoms with Crippen LogP contribution in [0.3, 0.4) is 0 Å². The molecule has 4 atom stereocenters. The highest BCUT2D eigenvalue weighted by atomic mass is 16.1. The van der Waals surface area contributed by atoms with E-state index in [1.54, 1.807) is 6.08 Å². The molecule has 0 saturated carbocycles. The zero-order valence-corrected chi connectivity index (χ0v) is 12.9. The molecule has 3 unspecified atom stereocenters. The van der Waals surface area contributed by atoms with E-state index in [4.69, 9.17) is 0 Å². The summed E-state index contributed by atoms with van der Waals surface area (Å²) in [5.74, 6) is 0.981. The standard InChI is InChI=1S/C15H23N3O3/c1-12(6-13(2)7-16-9-19)4-5-14(3)15(18-11-21)8-17-10-20/h12-15H,4-8H2,1-3H3/t12?,13?,14?,15-/m1/s1. The lowest BCUT2D eigenvalue weighted by molar-refractivity contribution is 0.341. The average Bonchev–Trinajstić information content (AvgIpc) is 2.46. The monoisotopic (exact) mass is 293 g/mol. The summed E-state index contributed by atoms with van der Waals surface area (Å²) in [5.41, 5.74) is 0. The molecule has 0 aromatic carbocycles. The molecule has 0 heterocycles. The Bertz CT molecular complexity index is 433. The Balaban J connectivity index is 4.24. The van der Waals surface area contributed by atoms with E-state index in [2.05, 4.69) is 28.8 Å². The topological polar surface area (TPSA) is 88.3 Å². The van der Waals surface area contributed by atoms with Crippen molar-refractivity contribution in [2.45, 2.75) is 46.1 Å². The SMILES string of the molecule is CC(CCC(C)[C@@H](CN=C=O)N=C=O)CC(C)CN=C=O. The van der Waals surface area contributed by atoms with Crippen molar-refractivity contribution in [3.05, 3.63) is 0 Å². The van der Waals surface area contributed by atoms with Crippen LogP contribution >= 0.6 is 0 Å². The molecule has 0 saturated heterocycles. The van der Waals surface area contributed by atoms with Crippen molar-refractivity contribution < 1.29 is 14.4 Å². The second kappa shape index (κ2) is 11.9. The number of isocyanates is 3. The molecule has 0 bridgehead atoms. The van der Waals surface area contributed by atoms with Gasteiger partial charge in [0.25, 0.3) is 0 Å². The number of hydrogen-bond acceptors (Lipinski definition) is 6. The lowest BCUT2D eigenvalue weighted by Gasteiger charge is -2.20. The van der Waals surface area contributed by atoms with E-state index < -0.39 is 0 Å². The first-order valence-electron chi connectivity index (χ1n) is 7.19. The van der Waals surface area contributed by atoms with E-state index >= 15 is 0 Å². The molecule has 0 spiro atoms. The van der Waals surface area contributed by atoms with Crippen LogP contribution in [0.25, 0.3) is 0 Å². The van der Waals surface area contributed by atoms with Gasteiger partial charge in [-0.1, -0.05) is 27.2 Å². The van der Waals surface area contributed by atoms with E-state index in [1.165, 1.54) is 12.2 Å². The van der Waals surface area contributed by atoms with Crippen LogP contribution in [0, 0.1) is 17.8 Å². The minimum atomic E-state index is -0.312. The number of rotatable bonds is 11. The molecule has 0 aliphatic heterocycles. The van der Waals surface area contributed by atoms with Gasteiger partial charge in [-0.3, -0.25) is 0 Å². The highest BCUT2D eigenvalue weighted by Crippen LogP contribution is 2.22.